The van der Waals surface area contributed by atoms with Gasteiger partial charge in [0.15, 0.2) is 0 Å². The molecule has 5 nitrogen and oxygen atoms in total. The lowest BCUT2D eigenvalue weighted by Crippen LogP contribution is -2.46. The van der Waals surface area contributed by atoms with Crippen molar-refractivity contribution in [2.75, 3.05) is 48.0 Å². The fraction of sp³-hybridized carbons (Fsp3) is 0.467. The van der Waals surface area contributed by atoms with Gasteiger partial charge >= 0.3 is 6.18 Å². The highest BCUT2D eigenvalue weighted by Gasteiger charge is 2.31. The Hall–Kier alpha value is -2.61. The van der Waals surface area contributed by atoms with E-state index in [1.54, 1.807) is 23.9 Å². The number of thioether (sulfide) groups is 1. The molecule has 1 aromatic heterocycles. The molecule has 214 valence electrons. The van der Waals surface area contributed by atoms with E-state index in [1.807, 2.05) is 42.7 Å². The minimum Gasteiger partial charge on any atom is -0.382 e. The first-order valence-electron chi connectivity index (χ1n) is 13.7. The molecule has 0 unspecified atom stereocenters. The second-order valence-electron chi connectivity index (χ2n) is 10.4. The zero-order chi connectivity index (χ0) is 28.1. The zero-order valence-corrected chi connectivity index (χ0v) is 24.2. The standard InChI is InChI=1S/C30H35F3N4OS2/c1-39-26-9-7-22(8-10-26)34-15-3-4-25-20-27-28(5-2-6-29(27)37(25)21-30(31,32)33)35-23-11-16-36(17-12-23)24-13-18-40(38)19-14-24/h2,5-10,20,23-24,34-35H,11-19,21H2,1H3. The summed E-state index contributed by atoms with van der Waals surface area (Å²) in [5.41, 5.74) is 2.64. The Labute approximate surface area is 240 Å². The van der Waals surface area contributed by atoms with Gasteiger partial charge in [0.25, 0.3) is 0 Å². The molecule has 5 rings (SSSR count). The third kappa shape index (κ3) is 7.36. The van der Waals surface area contributed by atoms with Crippen LogP contribution in [0.5, 0.6) is 0 Å². The number of nitrogens with one attached hydrogen (secondary N) is 2. The first-order valence-corrected chi connectivity index (χ1v) is 16.4. The van der Waals surface area contributed by atoms with Gasteiger partial charge in [0.2, 0.25) is 0 Å². The van der Waals surface area contributed by atoms with Crippen LogP contribution in [0.4, 0.5) is 24.5 Å². The van der Waals surface area contributed by atoms with Crippen molar-refractivity contribution in [3.05, 3.63) is 54.2 Å². The molecule has 0 radical (unpaired) electrons. The number of anilines is 2. The van der Waals surface area contributed by atoms with Crippen LogP contribution in [0.1, 0.15) is 31.4 Å². The van der Waals surface area contributed by atoms with Gasteiger partial charge in [0, 0.05) is 69.1 Å². The number of fused-ring (bicyclic) bond motifs is 1. The van der Waals surface area contributed by atoms with Crippen LogP contribution in [-0.4, -0.2) is 69.3 Å². The summed E-state index contributed by atoms with van der Waals surface area (Å²) in [6, 6.07) is 16.0. The van der Waals surface area contributed by atoms with E-state index in [1.165, 1.54) is 4.57 Å². The van der Waals surface area contributed by atoms with E-state index in [2.05, 4.69) is 27.4 Å². The maximum atomic E-state index is 13.6. The Morgan fingerprint density at radius 2 is 1.77 bits per heavy atom. The molecule has 0 atom stereocenters. The van der Waals surface area contributed by atoms with Crippen molar-refractivity contribution in [2.24, 2.45) is 0 Å². The van der Waals surface area contributed by atoms with Crippen molar-refractivity contribution >= 4 is 44.8 Å². The van der Waals surface area contributed by atoms with Crippen molar-refractivity contribution in [1.29, 1.82) is 0 Å². The average molecular weight is 589 g/mol. The van der Waals surface area contributed by atoms with E-state index in [-0.39, 0.29) is 6.04 Å². The fourth-order valence-corrected chi connectivity index (χ4v) is 7.31. The molecule has 0 amide bonds. The van der Waals surface area contributed by atoms with E-state index in [0.29, 0.717) is 23.8 Å². The van der Waals surface area contributed by atoms with Gasteiger partial charge in [-0.3, -0.25) is 4.21 Å². The number of rotatable bonds is 7. The Balaban J connectivity index is 1.29. The molecule has 2 aliphatic heterocycles. The van der Waals surface area contributed by atoms with E-state index < -0.39 is 23.5 Å². The van der Waals surface area contributed by atoms with Crippen molar-refractivity contribution in [3.8, 4) is 11.8 Å². The summed E-state index contributed by atoms with van der Waals surface area (Å²) >= 11 is 1.66. The second kappa shape index (κ2) is 12.9. The highest BCUT2D eigenvalue weighted by molar-refractivity contribution is 7.98. The van der Waals surface area contributed by atoms with Crippen molar-refractivity contribution in [3.63, 3.8) is 0 Å². The van der Waals surface area contributed by atoms with Crippen LogP contribution >= 0.6 is 11.8 Å². The van der Waals surface area contributed by atoms with E-state index in [0.717, 1.165) is 71.9 Å². The number of hydrogen-bond donors (Lipinski definition) is 2. The van der Waals surface area contributed by atoms with Gasteiger partial charge in [-0.05, 0) is 80.3 Å². The quantitative estimate of drug-likeness (QED) is 0.255. The smallest absolute Gasteiger partial charge is 0.382 e. The average Bonchev–Trinajstić information content (AvgIpc) is 3.29. The molecule has 0 spiro atoms. The Morgan fingerprint density at radius 1 is 1.05 bits per heavy atom. The number of halogens is 3. The summed E-state index contributed by atoms with van der Waals surface area (Å²) in [7, 11) is -0.657. The van der Waals surface area contributed by atoms with Crippen LogP contribution < -0.4 is 10.6 Å². The SMILES string of the molecule is CSc1ccc(NCC#Cc2cc3c(NC4CCN(C5CCS(=O)CC5)CC4)cccc3n2CC(F)(F)F)cc1. The molecule has 2 aromatic carbocycles. The highest BCUT2D eigenvalue weighted by atomic mass is 32.2. The number of benzene rings is 2. The van der Waals surface area contributed by atoms with Crippen LogP contribution in [0.25, 0.3) is 10.9 Å². The summed E-state index contributed by atoms with van der Waals surface area (Å²) in [5.74, 6) is 7.59. The predicted octanol–water partition coefficient (Wildman–Crippen LogP) is 6.18. The van der Waals surface area contributed by atoms with Gasteiger partial charge in [0.05, 0.1) is 17.8 Å². The minimum absolute atomic E-state index is 0.252. The van der Waals surface area contributed by atoms with Crippen molar-refractivity contribution in [2.45, 2.75) is 55.4 Å². The lowest BCUT2D eigenvalue weighted by Gasteiger charge is -2.39. The molecule has 40 heavy (non-hydrogen) atoms. The molecule has 0 aliphatic carbocycles. The first kappa shape index (κ1) is 28.9. The third-order valence-electron chi connectivity index (χ3n) is 7.73. The monoisotopic (exact) mass is 588 g/mol. The first-order chi connectivity index (χ1) is 19.3. The van der Waals surface area contributed by atoms with Gasteiger partial charge in [-0.15, -0.1) is 11.8 Å². The van der Waals surface area contributed by atoms with Crippen LogP contribution in [0.3, 0.4) is 0 Å². The topological polar surface area (TPSA) is 49.3 Å². The highest BCUT2D eigenvalue weighted by Crippen LogP contribution is 2.32. The number of likely N-dealkylation sites (tertiary alicyclic amines) is 1. The van der Waals surface area contributed by atoms with Crippen molar-refractivity contribution in [1.82, 2.24) is 9.47 Å². The number of alkyl halides is 3. The van der Waals surface area contributed by atoms with E-state index in [4.69, 9.17) is 0 Å². The molecule has 3 heterocycles. The lowest BCUT2D eigenvalue weighted by molar-refractivity contribution is -0.140. The van der Waals surface area contributed by atoms with Crippen molar-refractivity contribution < 1.29 is 17.4 Å². The summed E-state index contributed by atoms with van der Waals surface area (Å²) in [6.07, 6.45) is 1.59. The Bertz CT molecular complexity index is 1380. The maximum absolute atomic E-state index is 13.6. The van der Waals surface area contributed by atoms with Crippen LogP contribution in [0, 0.1) is 11.8 Å². The molecule has 0 bridgehead atoms. The molecular weight excluding hydrogens is 553 g/mol. The third-order valence-corrected chi connectivity index (χ3v) is 9.86. The number of nitrogens with zero attached hydrogens (tertiary/aromatic N) is 2. The predicted molar refractivity (Wildman–Crippen MR) is 161 cm³/mol. The summed E-state index contributed by atoms with van der Waals surface area (Å²) < 4.78 is 53.7. The normalized spacial score (nSPS) is 20.7. The molecule has 2 saturated heterocycles. The molecule has 3 aromatic rings. The summed E-state index contributed by atoms with van der Waals surface area (Å²) in [4.78, 5) is 3.68. The number of hydrogen-bond acceptors (Lipinski definition) is 5. The second-order valence-corrected chi connectivity index (χ2v) is 13.0. The largest absolute Gasteiger partial charge is 0.406 e. The Kier molecular flexibility index (Phi) is 9.34. The molecule has 2 fully saturated rings. The van der Waals surface area contributed by atoms with E-state index >= 15 is 0 Å². The zero-order valence-electron chi connectivity index (χ0n) is 22.6. The number of piperidine rings is 1. The van der Waals surface area contributed by atoms with Gasteiger partial charge in [-0.2, -0.15) is 13.2 Å². The maximum Gasteiger partial charge on any atom is 0.406 e. The Morgan fingerprint density at radius 3 is 2.45 bits per heavy atom. The fourth-order valence-electron chi connectivity index (χ4n) is 5.63. The lowest BCUT2D eigenvalue weighted by atomic mass is 10.00. The minimum atomic E-state index is -4.36. The molecule has 0 saturated carbocycles. The molecule has 2 aliphatic rings. The van der Waals surface area contributed by atoms with Gasteiger partial charge in [0.1, 0.15) is 6.54 Å². The van der Waals surface area contributed by atoms with Crippen LogP contribution in [-0.2, 0) is 17.3 Å². The van der Waals surface area contributed by atoms with Crippen LogP contribution in [0.15, 0.2) is 53.4 Å². The molecule has 2 N–H and O–H groups in total. The number of aromatic nitrogens is 1. The van der Waals surface area contributed by atoms with Gasteiger partial charge < -0.3 is 20.1 Å². The van der Waals surface area contributed by atoms with Crippen LogP contribution in [0.2, 0.25) is 0 Å². The molecule has 10 heteroatoms. The van der Waals surface area contributed by atoms with Gasteiger partial charge in [-0.1, -0.05) is 12.0 Å². The summed E-state index contributed by atoms with van der Waals surface area (Å²) in [6.45, 7) is 1.19. The summed E-state index contributed by atoms with van der Waals surface area (Å²) in [5, 5.41) is 7.60. The van der Waals surface area contributed by atoms with E-state index in [9.17, 15) is 17.4 Å². The van der Waals surface area contributed by atoms with Gasteiger partial charge in [-0.25, -0.2) is 0 Å². The molecular formula is C30H35F3N4OS2.